The third kappa shape index (κ3) is 8.62. The van der Waals surface area contributed by atoms with Crippen molar-refractivity contribution in [3.8, 4) is 11.5 Å². The Morgan fingerprint density at radius 1 is 0.569 bits per heavy atom. The van der Waals surface area contributed by atoms with Gasteiger partial charge in [-0.1, -0.05) is 121 Å². The van der Waals surface area contributed by atoms with Gasteiger partial charge in [0.15, 0.2) is 11.6 Å². The lowest BCUT2D eigenvalue weighted by atomic mass is 9.91. The van der Waals surface area contributed by atoms with Gasteiger partial charge in [0.25, 0.3) is 11.8 Å². The molecule has 2 aliphatic rings. The summed E-state index contributed by atoms with van der Waals surface area (Å²) in [5.41, 5.74) is 7.81. The van der Waals surface area contributed by atoms with Crippen molar-refractivity contribution in [2.75, 3.05) is 25.2 Å². The molecule has 324 valence electrons. The molecule has 0 fully saturated rings. The molecule has 0 aromatic heterocycles. The number of rotatable bonds is 11. The lowest BCUT2D eigenvalue weighted by molar-refractivity contribution is 0.0560. The smallest absolute Gasteiger partial charge is 0.255 e. The Kier molecular flexibility index (Phi) is 11.4. The number of nitrogens with zero attached hydrogens (tertiary/aromatic N) is 3. The molecule has 65 heavy (non-hydrogen) atoms. The summed E-state index contributed by atoms with van der Waals surface area (Å²) in [7, 11) is 2.04. The van der Waals surface area contributed by atoms with Crippen LogP contribution >= 0.6 is 0 Å². The first-order chi connectivity index (χ1) is 31.8. The first-order valence-electron chi connectivity index (χ1n) is 22.0. The molecule has 0 bridgehead atoms. The Hall–Kier alpha value is -7.52. The van der Waals surface area contributed by atoms with E-state index < -0.39 is 17.7 Å². The fourth-order valence-electron chi connectivity index (χ4n) is 9.44. The zero-order valence-corrected chi connectivity index (χ0v) is 36.0. The van der Waals surface area contributed by atoms with E-state index in [0.29, 0.717) is 56.0 Å². The molecule has 0 saturated carbocycles. The zero-order chi connectivity index (χ0) is 44.4. The van der Waals surface area contributed by atoms with E-state index in [2.05, 4.69) is 47.4 Å². The number of anilines is 1. The van der Waals surface area contributed by atoms with Gasteiger partial charge in [-0.15, -0.1) is 0 Å². The Balaban J connectivity index is 0.858. The van der Waals surface area contributed by atoms with E-state index in [9.17, 15) is 18.4 Å². The summed E-state index contributed by atoms with van der Waals surface area (Å²) in [6.45, 7) is 1.81. The number of amides is 2. The van der Waals surface area contributed by atoms with Crippen LogP contribution in [0.2, 0.25) is 0 Å². The monoisotopic (exact) mass is 863 g/mol. The molecule has 8 aromatic rings. The maximum Gasteiger partial charge on any atom is 0.255 e. The molecule has 7 nitrogen and oxygen atoms in total. The molecule has 2 aliphatic heterocycles. The molecule has 2 heterocycles. The Morgan fingerprint density at radius 2 is 1.14 bits per heavy atom. The third-order valence-corrected chi connectivity index (χ3v) is 12.9. The lowest BCUT2D eigenvalue weighted by Crippen LogP contribution is -2.47. The maximum absolute atomic E-state index is 14.7. The number of carbonyl (C=O) groups is 2. The highest BCUT2D eigenvalue weighted by Crippen LogP contribution is 2.32. The summed E-state index contributed by atoms with van der Waals surface area (Å²) in [5, 5.41) is 3.79. The molecule has 2 amide bonds. The number of fused-ring (bicyclic) bond motifs is 4. The Labute approximate surface area is 377 Å². The number of ether oxygens (including phenoxy) is 2. The number of carbonyl (C=O) groups excluding carboxylic acids is 2. The Bertz CT molecular complexity index is 3070. The molecular weight excluding hydrogens is 817 g/mol. The van der Waals surface area contributed by atoms with Crippen molar-refractivity contribution in [2.24, 2.45) is 0 Å². The highest BCUT2D eigenvalue weighted by atomic mass is 19.1. The minimum Gasteiger partial charge on any atom is -0.491 e. The summed E-state index contributed by atoms with van der Waals surface area (Å²) in [6.07, 6.45) is 1.19. The van der Waals surface area contributed by atoms with Gasteiger partial charge in [0.1, 0.15) is 24.8 Å². The SMILES string of the molecule is CN(Cc1ccc2c(c1)CN(C(=O)c1cccc3ccccc13)C(COc1ccc(F)cc1F)C2)c1cccc(OCC2Cc3ccccc3CN2C(=O)c2cccc3ccccc23)c1. The van der Waals surface area contributed by atoms with Crippen LogP contribution in [-0.2, 0) is 32.5 Å². The minimum atomic E-state index is -0.787. The van der Waals surface area contributed by atoms with Gasteiger partial charge in [-0.25, -0.2) is 8.78 Å². The molecule has 0 N–H and O–H groups in total. The molecule has 8 aromatic carbocycles. The van der Waals surface area contributed by atoms with E-state index in [1.54, 1.807) is 0 Å². The van der Waals surface area contributed by atoms with Crippen molar-refractivity contribution in [3.05, 3.63) is 220 Å². The van der Waals surface area contributed by atoms with Crippen molar-refractivity contribution >= 4 is 39.0 Å². The molecule has 0 aliphatic carbocycles. The fraction of sp³-hybridized carbons (Fsp3) is 0.179. The van der Waals surface area contributed by atoms with E-state index in [-0.39, 0.29) is 30.2 Å². The molecule has 2 unspecified atom stereocenters. The van der Waals surface area contributed by atoms with Gasteiger partial charge < -0.3 is 24.2 Å². The average molecular weight is 864 g/mol. The lowest BCUT2D eigenvalue weighted by Gasteiger charge is -2.37. The predicted octanol–water partition coefficient (Wildman–Crippen LogP) is 11.2. The summed E-state index contributed by atoms with van der Waals surface area (Å²) in [5.74, 6) is -0.960. The zero-order valence-electron chi connectivity index (χ0n) is 36.0. The predicted molar refractivity (Wildman–Crippen MR) is 251 cm³/mol. The quantitative estimate of drug-likeness (QED) is 0.130. The van der Waals surface area contributed by atoms with Crippen LogP contribution in [0.3, 0.4) is 0 Å². The fourth-order valence-corrected chi connectivity index (χ4v) is 9.44. The number of hydrogen-bond donors (Lipinski definition) is 0. The van der Waals surface area contributed by atoms with Crippen molar-refractivity contribution in [2.45, 2.75) is 44.6 Å². The van der Waals surface area contributed by atoms with E-state index in [1.807, 2.05) is 126 Å². The molecular formula is C56H47F2N3O4. The van der Waals surface area contributed by atoms with Gasteiger partial charge in [0, 0.05) is 55.6 Å². The average Bonchev–Trinajstić information content (AvgIpc) is 3.34. The molecule has 0 radical (unpaired) electrons. The summed E-state index contributed by atoms with van der Waals surface area (Å²) < 4.78 is 40.8. The summed E-state index contributed by atoms with van der Waals surface area (Å²) in [6, 6.07) is 52.8. The van der Waals surface area contributed by atoms with Crippen LogP contribution in [0.15, 0.2) is 170 Å². The molecule has 10 rings (SSSR count). The molecule has 0 saturated heterocycles. The van der Waals surface area contributed by atoms with Crippen LogP contribution in [-0.4, -0.2) is 54.0 Å². The van der Waals surface area contributed by atoms with Gasteiger partial charge in [0.2, 0.25) is 0 Å². The van der Waals surface area contributed by atoms with Gasteiger partial charge in [-0.2, -0.15) is 0 Å². The first kappa shape index (κ1) is 41.5. The van der Waals surface area contributed by atoms with Crippen LogP contribution in [0.25, 0.3) is 21.5 Å². The third-order valence-electron chi connectivity index (χ3n) is 12.9. The highest BCUT2D eigenvalue weighted by Gasteiger charge is 2.34. The first-order valence-corrected chi connectivity index (χ1v) is 22.0. The van der Waals surface area contributed by atoms with Crippen molar-refractivity contribution in [1.29, 1.82) is 0 Å². The molecule has 9 heteroatoms. The standard InChI is InChI=1S/C56H47F2N3O4/c1-59(45-17-10-18-48(31-45)64-35-46-28-40-13-2-3-14-42(40)33-60(46)55(62)51-21-8-15-38-11-4-6-19-49(38)51)32-37-23-24-41-29-47(36-65-54-26-25-44(57)30-53(54)58)61(34-43(41)27-37)56(63)52-22-9-16-39-12-5-7-20-50(39)52/h2-27,30-31,46-47H,28-29,32-36H2,1H3. The second-order valence-corrected chi connectivity index (χ2v) is 17.1. The van der Waals surface area contributed by atoms with E-state index in [1.165, 1.54) is 11.6 Å². The normalized spacial score (nSPS) is 15.6. The highest BCUT2D eigenvalue weighted by molar-refractivity contribution is 6.08. The van der Waals surface area contributed by atoms with Crippen LogP contribution in [0, 0.1) is 11.6 Å². The van der Waals surface area contributed by atoms with E-state index in [4.69, 9.17) is 9.47 Å². The van der Waals surface area contributed by atoms with Gasteiger partial charge in [-0.05, 0) is 98.6 Å². The van der Waals surface area contributed by atoms with Crippen LogP contribution in [0.1, 0.15) is 48.5 Å². The topological polar surface area (TPSA) is 62.3 Å². The largest absolute Gasteiger partial charge is 0.491 e. The summed E-state index contributed by atoms with van der Waals surface area (Å²) >= 11 is 0. The molecule has 2 atom stereocenters. The maximum atomic E-state index is 14.7. The van der Waals surface area contributed by atoms with Gasteiger partial charge in [-0.3, -0.25) is 9.59 Å². The second-order valence-electron chi connectivity index (χ2n) is 17.1. The second kappa shape index (κ2) is 17.9. The molecule has 0 spiro atoms. The van der Waals surface area contributed by atoms with Gasteiger partial charge in [0.05, 0.1) is 12.1 Å². The van der Waals surface area contributed by atoms with Crippen molar-refractivity contribution in [3.63, 3.8) is 0 Å². The van der Waals surface area contributed by atoms with E-state index in [0.717, 1.165) is 61.6 Å². The number of halogens is 2. The number of hydrogen-bond acceptors (Lipinski definition) is 5. The Morgan fingerprint density at radius 3 is 1.82 bits per heavy atom. The van der Waals surface area contributed by atoms with Gasteiger partial charge >= 0.3 is 0 Å². The number of benzene rings is 8. The van der Waals surface area contributed by atoms with Crippen molar-refractivity contribution in [1.82, 2.24) is 9.80 Å². The van der Waals surface area contributed by atoms with Crippen LogP contribution in [0.4, 0.5) is 14.5 Å². The minimum absolute atomic E-state index is 0.00581. The van der Waals surface area contributed by atoms with E-state index >= 15 is 0 Å². The summed E-state index contributed by atoms with van der Waals surface area (Å²) in [4.78, 5) is 34.8. The van der Waals surface area contributed by atoms with Crippen molar-refractivity contribution < 1.29 is 27.8 Å². The van der Waals surface area contributed by atoms with Crippen LogP contribution < -0.4 is 14.4 Å². The van der Waals surface area contributed by atoms with Crippen LogP contribution in [0.5, 0.6) is 11.5 Å².